The van der Waals surface area contributed by atoms with E-state index in [-0.39, 0.29) is 18.4 Å². The molecule has 0 bridgehead atoms. The molecule has 2 aliphatic rings. The number of nitrogens with zero attached hydrogens (tertiary/aromatic N) is 2. The van der Waals surface area contributed by atoms with Crippen LogP contribution >= 0.6 is 0 Å². The highest BCUT2D eigenvalue weighted by Gasteiger charge is 2.47. The van der Waals surface area contributed by atoms with Crippen LogP contribution < -0.4 is 15.5 Å². The van der Waals surface area contributed by atoms with Crippen molar-refractivity contribution in [3.63, 3.8) is 0 Å². The second-order valence-corrected chi connectivity index (χ2v) is 8.40. The quantitative estimate of drug-likeness (QED) is 0.674. The van der Waals surface area contributed by atoms with Gasteiger partial charge in [0.15, 0.2) is 0 Å². The monoisotopic (exact) mass is 420 g/mol. The van der Waals surface area contributed by atoms with E-state index in [1.165, 1.54) is 0 Å². The zero-order valence-electron chi connectivity index (χ0n) is 17.8. The van der Waals surface area contributed by atoms with E-state index < -0.39 is 11.6 Å². The number of rotatable bonds is 7. The number of para-hydroxylation sites is 2. The van der Waals surface area contributed by atoms with Crippen molar-refractivity contribution in [2.45, 2.75) is 38.1 Å². The Labute approximate surface area is 182 Å². The molecule has 0 radical (unpaired) electrons. The minimum Gasteiger partial charge on any atom is -0.370 e. The predicted molar refractivity (Wildman–Crippen MR) is 120 cm³/mol. The van der Waals surface area contributed by atoms with E-state index in [2.05, 4.69) is 15.5 Å². The zero-order valence-corrected chi connectivity index (χ0v) is 17.8. The summed E-state index contributed by atoms with van der Waals surface area (Å²) in [6, 6.07) is 16.9. The zero-order chi connectivity index (χ0) is 21.8. The Kier molecular flexibility index (Phi) is 5.93. The summed E-state index contributed by atoms with van der Waals surface area (Å²) >= 11 is 0. The van der Waals surface area contributed by atoms with Gasteiger partial charge in [-0.15, -0.1) is 0 Å². The summed E-state index contributed by atoms with van der Waals surface area (Å²) in [6.45, 7) is 3.33. The van der Waals surface area contributed by atoms with Crippen LogP contribution in [0.2, 0.25) is 0 Å². The molecule has 7 heteroatoms. The van der Waals surface area contributed by atoms with Crippen molar-refractivity contribution in [2.75, 3.05) is 29.9 Å². The maximum absolute atomic E-state index is 13.0. The average molecular weight is 421 g/mol. The highest BCUT2D eigenvalue weighted by molar-refractivity contribution is 6.10. The summed E-state index contributed by atoms with van der Waals surface area (Å²) in [7, 11) is 0. The third-order valence-corrected chi connectivity index (χ3v) is 6.03. The number of amides is 4. The maximum atomic E-state index is 13.0. The van der Waals surface area contributed by atoms with Crippen LogP contribution in [0.3, 0.4) is 0 Å². The molecule has 2 N–H and O–H groups in total. The largest absolute Gasteiger partial charge is 0.370 e. The highest BCUT2D eigenvalue weighted by Crippen LogP contribution is 2.29. The van der Waals surface area contributed by atoms with Crippen LogP contribution in [0, 0.1) is 0 Å². The fourth-order valence-electron chi connectivity index (χ4n) is 4.25. The summed E-state index contributed by atoms with van der Waals surface area (Å²) in [5, 5.41) is 5.66. The summed E-state index contributed by atoms with van der Waals surface area (Å²) in [4.78, 5) is 41.4. The van der Waals surface area contributed by atoms with Gasteiger partial charge in [-0.1, -0.05) is 42.5 Å². The molecule has 4 rings (SSSR count). The number of nitrogens with one attached hydrogen (secondary N) is 2. The molecule has 2 heterocycles. The van der Waals surface area contributed by atoms with Gasteiger partial charge in [0, 0.05) is 13.1 Å². The first-order valence-electron chi connectivity index (χ1n) is 10.8. The minimum atomic E-state index is -1.01. The van der Waals surface area contributed by atoms with Crippen molar-refractivity contribution >= 4 is 29.2 Å². The molecule has 2 aliphatic heterocycles. The third-order valence-electron chi connectivity index (χ3n) is 6.03. The normalized spacial score (nSPS) is 20.8. The molecule has 0 unspecified atom stereocenters. The number of hydrogen-bond acceptors (Lipinski definition) is 4. The number of imide groups is 1. The number of carbonyl (C=O) groups excluding carboxylic acids is 3. The molecule has 0 aliphatic carbocycles. The van der Waals surface area contributed by atoms with Gasteiger partial charge in [-0.3, -0.25) is 14.5 Å². The second-order valence-electron chi connectivity index (χ2n) is 8.40. The lowest BCUT2D eigenvalue weighted by atomic mass is 9.93. The van der Waals surface area contributed by atoms with E-state index in [4.69, 9.17) is 0 Å². The molecular formula is C24H28N4O3. The summed E-state index contributed by atoms with van der Waals surface area (Å²) in [5.74, 6) is -0.751. The number of benzene rings is 2. The Bertz CT molecular complexity index is 972. The fourth-order valence-corrected chi connectivity index (χ4v) is 4.25. The van der Waals surface area contributed by atoms with Crippen LogP contribution in [0.4, 0.5) is 16.2 Å². The van der Waals surface area contributed by atoms with Gasteiger partial charge in [-0.05, 0) is 50.3 Å². The number of aryl methyl sites for hydroxylation is 1. The highest BCUT2D eigenvalue weighted by atomic mass is 16.2. The van der Waals surface area contributed by atoms with Crippen molar-refractivity contribution in [1.82, 2.24) is 10.2 Å². The van der Waals surface area contributed by atoms with Gasteiger partial charge in [0.25, 0.3) is 5.91 Å². The van der Waals surface area contributed by atoms with Crippen LogP contribution in [0.15, 0.2) is 54.6 Å². The Morgan fingerprint density at radius 3 is 2.45 bits per heavy atom. The third kappa shape index (κ3) is 4.55. The van der Waals surface area contributed by atoms with Crippen molar-refractivity contribution in [3.8, 4) is 0 Å². The predicted octanol–water partition coefficient (Wildman–Crippen LogP) is 3.17. The average Bonchev–Trinajstić information content (AvgIpc) is 3.37. The molecule has 2 saturated heterocycles. The topological polar surface area (TPSA) is 81.8 Å². The van der Waals surface area contributed by atoms with Gasteiger partial charge in [0.1, 0.15) is 12.1 Å². The Morgan fingerprint density at radius 1 is 1.03 bits per heavy atom. The molecule has 2 aromatic carbocycles. The van der Waals surface area contributed by atoms with Gasteiger partial charge < -0.3 is 15.5 Å². The first-order valence-corrected chi connectivity index (χ1v) is 10.8. The molecule has 0 saturated carbocycles. The van der Waals surface area contributed by atoms with Gasteiger partial charge in [-0.2, -0.15) is 0 Å². The molecule has 4 amide bonds. The van der Waals surface area contributed by atoms with Crippen molar-refractivity contribution in [2.24, 2.45) is 0 Å². The van der Waals surface area contributed by atoms with E-state index in [1.807, 2.05) is 54.6 Å². The van der Waals surface area contributed by atoms with Crippen LogP contribution in [0.1, 0.15) is 31.7 Å². The summed E-state index contributed by atoms with van der Waals surface area (Å²) in [6.07, 6.45) is 3.39. The van der Waals surface area contributed by atoms with Crippen LogP contribution in [-0.4, -0.2) is 47.9 Å². The van der Waals surface area contributed by atoms with E-state index >= 15 is 0 Å². The van der Waals surface area contributed by atoms with Gasteiger partial charge >= 0.3 is 6.03 Å². The molecule has 1 atom stereocenters. The SMILES string of the molecule is C[C@@]1(CCc2ccccc2)NC(=O)N(CC(=O)Nc2ccccc2N2CCCC2)C1=O. The molecular weight excluding hydrogens is 392 g/mol. The Morgan fingerprint density at radius 2 is 1.71 bits per heavy atom. The van der Waals surface area contributed by atoms with Crippen molar-refractivity contribution < 1.29 is 14.4 Å². The molecule has 31 heavy (non-hydrogen) atoms. The van der Waals surface area contributed by atoms with Gasteiger partial charge in [0.2, 0.25) is 5.91 Å². The van der Waals surface area contributed by atoms with E-state index in [0.717, 1.165) is 42.1 Å². The van der Waals surface area contributed by atoms with Gasteiger partial charge in [0.05, 0.1) is 11.4 Å². The lowest BCUT2D eigenvalue weighted by Crippen LogP contribution is -2.45. The van der Waals surface area contributed by atoms with Crippen LogP contribution in [-0.2, 0) is 16.0 Å². The molecule has 162 valence electrons. The molecule has 2 fully saturated rings. The van der Waals surface area contributed by atoms with E-state index in [0.29, 0.717) is 18.5 Å². The van der Waals surface area contributed by atoms with Crippen LogP contribution in [0.5, 0.6) is 0 Å². The Balaban J connectivity index is 1.39. The summed E-state index contributed by atoms with van der Waals surface area (Å²) < 4.78 is 0. The minimum absolute atomic E-state index is 0.306. The molecule has 0 aromatic heterocycles. The molecule has 2 aromatic rings. The number of urea groups is 1. The first-order chi connectivity index (χ1) is 15.0. The lowest BCUT2D eigenvalue weighted by Gasteiger charge is -2.23. The van der Waals surface area contributed by atoms with E-state index in [9.17, 15) is 14.4 Å². The molecule has 0 spiro atoms. The number of hydrogen-bond donors (Lipinski definition) is 2. The maximum Gasteiger partial charge on any atom is 0.325 e. The van der Waals surface area contributed by atoms with E-state index in [1.54, 1.807) is 6.92 Å². The Hall–Kier alpha value is -3.35. The number of carbonyl (C=O) groups is 3. The van der Waals surface area contributed by atoms with Gasteiger partial charge in [-0.25, -0.2) is 4.79 Å². The molecule has 7 nitrogen and oxygen atoms in total. The standard InChI is InChI=1S/C24H28N4O3/c1-24(14-13-18-9-3-2-4-10-18)22(30)28(23(31)26-24)17-21(29)25-19-11-5-6-12-20(19)27-15-7-8-16-27/h2-6,9-12H,7-8,13-17H2,1H3,(H,25,29)(H,26,31)/t24-/m0/s1. The first kappa shape index (κ1) is 20.9. The summed E-state index contributed by atoms with van der Waals surface area (Å²) in [5.41, 5.74) is 1.76. The second kappa shape index (κ2) is 8.79. The lowest BCUT2D eigenvalue weighted by molar-refractivity contribution is -0.133. The fraction of sp³-hybridized carbons (Fsp3) is 0.375. The smallest absolute Gasteiger partial charge is 0.325 e. The van der Waals surface area contributed by atoms with Crippen LogP contribution in [0.25, 0.3) is 0 Å². The van der Waals surface area contributed by atoms with Crippen molar-refractivity contribution in [1.29, 1.82) is 0 Å². The van der Waals surface area contributed by atoms with Crippen molar-refractivity contribution in [3.05, 3.63) is 60.2 Å². The number of anilines is 2.